The zero-order valence-electron chi connectivity index (χ0n) is 30.8. The quantitative estimate of drug-likeness (QED) is 0.0817. The molecule has 4 bridgehead atoms. The molecule has 0 radical (unpaired) electrons. The normalized spacial score (nSPS) is 22.9. The van der Waals surface area contributed by atoms with Gasteiger partial charge in [-0.1, -0.05) is 182 Å². The van der Waals surface area contributed by atoms with Crippen LogP contribution >= 0.6 is 19.9 Å². The van der Waals surface area contributed by atoms with E-state index in [9.17, 15) is 0 Å². The Morgan fingerprint density at radius 2 is 0.889 bits per heavy atom. The lowest BCUT2D eigenvalue weighted by Gasteiger charge is -2.57. The van der Waals surface area contributed by atoms with E-state index >= 15 is 0 Å². The molecule has 0 unspecified atom stereocenters. The highest BCUT2D eigenvalue weighted by Gasteiger charge is 2.53. The summed E-state index contributed by atoms with van der Waals surface area (Å²) in [5, 5.41) is 2.52. The van der Waals surface area contributed by atoms with Crippen LogP contribution in [-0.4, -0.2) is 17.5 Å². The molecule has 2 nitrogen and oxygen atoms in total. The second-order valence-electron chi connectivity index (χ2n) is 15.7. The van der Waals surface area contributed by atoms with Gasteiger partial charge in [0.15, 0.2) is 0 Å². The van der Waals surface area contributed by atoms with E-state index in [1.54, 1.807) is 0 Å². The zero-order valence-corrected chi connectivity index (χ0v) is 32.5. The van der Waals surface area contributed by atoms with E-state index in [-0.39, 0.29) is 16.1 Å². The molecule has 0 aliphatic heterocycles. The summed E-state index contributed by atoms with van der Waals surface area (Å²) in [6.07, 6.45) is 8.03. The second kappa shape index (κ2) is 16.0. The molecule has 0 saturated heterocycles. The third-order valence-electron chi connectivity index (χ3n) is 12.1. The Bertz CT molecular complexity index is 1890. The predicted molar refractivity (Wildman–Crippen MR) is 227 cm³/mol. The minimum atomic E-state index is -1.16. The topological polar surface area (TPSA) is 18.5 Å². The molecule has 272 valence electrons. The van der Waals surface area contributed by atoms with Crippen molar-refractivity contribution in [2.45, 2.75) is 60.2 Å². The summed E-state index contributed by atoms with van der Waals surface area (Å²) in [7, 11) is -1.16. The maximum absolute atomic E-state index is 7.78. The third-order valence-corrected chi connectivity index (χ3v) is 15.9. The van der Waals surface area contributed by atoms with E-state index in [4.69, 9.17) is 9.26 Å². The van der Waals surface area contributed by atoms with Crippen LogP contribution in [-0.2, 0) is 14.9 Å². The second-order valence-corrected chi connectivity index (χ2v) is 19.2. The fraction of sp³-hybridized carbons (Fsp3) is 0.280. The third kappa shape index (κ3) is 7.37. The molecule has 4 saturated carbocycles. The SMILES string of the molecule is c1ccc([C@@H](SC23CC4CC(CC(C4)C2)C3)[C@@H](COC(c2ccccc2)(c2ccccc2)c2ccccc2)OP(c2ccccc2)c2ccccc2)cc1. The van der Waals surface area contributed by atoms with Crippen molar-refractivity contribution in [3.63, 3.8) is 0 Å². The van der Waals surface area contributed by atoms with E-state index < -0.39 is 13.7 Å². The first-order valence-electron chi connectivity index (χ1n) is 19.8. The Labute approximate surface area is 327 Å². The highest BCUT2D eigenvalue weighted by molar-refractivity contribution is 8.01. The Morgan fingerprint density at radius 1 is 0.519 bits per heavy atom. The van der Waals surface area contributed by atoms with Gasteiger partial charge in [0, 0.05) is 15.4 Å². The van der Waals surface area contributed by atoms with Crippen LogP contribution < -0.4 is 10.6 Å². The molecular weight excluding hydrogens is 696 g/mol. The van der Waals surface area contributed by atoms with E-state index in [0.717, 1.165) is 34.4 Å². The van der Waals surface area contributed by atoms with Crippen molar-refractivity contribution in [1.82, 2.24) is 0 Å². The summed E-state index contributed by atoms with van der Waals surface area (Å²) in [5.74, 6) is 2.59. The minimum Gasteiger partial charge on any atom is -0.358 e. The van der Waals surface area contributed by atoms with Gasteiger partial charge in [-0.25, -0.2) is 0 Å². The largest absolute Gasteiger partial charge is 0.358 e. The van der Waals surface area contributed by atoms with Gasteiger partial charge < -0.3 is 9.26 Å². The van der Waals surface area contributed by atoms with Crippen LogP contribution in [0.25, 0.3) is 0 Å². The summed E-state index contributed by atoms with van der Waals surface area (Å²) < 4.78 is 15.8. The van der Waals surface area contributed by atoms with Crippen LogP contribution in [0.15, 0.2) is 182 Å². The molecule has 0 aromatic heterocycles. The van der Waals surface area contributed by atoms with Crippen LogP contribution in [0.4, 0.5) is 0 Å². The molecule has 4 aliphatic rings. The van der Waals surface area contributed by atoms with Crippen molar-refractivity contribution in [2.24, 2.45) is 17.8 Å². The Balaban J connectivity index is 1.18. The van der Waals surface area contributed by atoms with Gasteiger partial charge in [0.25, 0.3) is 0 Å². The van der Waals surface area contributed by atoms with Crippen LogP contribution in [0.5, 0.6) is 0 Å². The summed E-state index contributed by atoms with van der Waals surface area (Å²) >= 11 is 2.24. The van der Waals surface area contributed by atoms with Crippen LogP contribution in [0.2, 0.25) is 0 Å². The van der Waals surface area contributed by atoms with Crippen molar-refractivity contribution in [3.8, 4) is 0 Å². The van der Waals surface area contributed by atoms with E-state index in [1.165, 1.54) is 54.7 Å². The van der Waals surface area contributed by atoms with Crippen molar-refractivity contribution < 1.29 is 9.26 Å². The lowest BCUT2D eigenvalue weighted by atomic mass is 9.56. The predicted octanol–water partition coefficient (Wildman–Crippen LogP) is 11.9. The van der Waals surface area contributed by atoms with Gasteiger partial charge in [0.2, 0.25) is 0 Å². The highest BCUT2D eigenvalue weighted by atomic mass is 32.2. The van der Waals surface area contributed by atoms with Gasteiger partial charge in [-0.3, -0.25) is 0 Å². The molecule has 4 fully saturated rings. The summed E-state index contributed by atoms with van der Waals surface area (Å²) in [4.78, 5) is 0. The fourth-order valence-electron chi connectivity index (χ4n) is 10.1. The number of rotatable bonds is 14. The van der Waals surface area contributed by atoms with E-state index in [1.807, 2.05) is 0 Å². The van der Waals surface area contributed by atoms with Crippen LogP contribution in [0.3, 0.4) is 0 Å². The molecule has 0 spiro atoms. The number of benzene rings is 6. The molecule has 4 aliphatic carbocycles. The molecule has 6 aromatic rings. The monoisotopic (exact) mass is 744 g/mol. The van der Waals surface area contributed by atoms with Crippen molar-refractivity contribution >= 4 is 30.5 Å². The van der Waals surface area contributed by atoms with Crippen molar-refractivity contribution in [2.75, 3.05) is 6.61 Å². The number of ether oxygens (including phenoxy) is 1. The van der Waals surface area contributed by atoms with Crippen LogP contribution in [0, 0.1) is 17.8 Å². The lowest BCUT2D eigenvalue weighted by molar-refractivity contribution is -0.0283. The molecule has 54 heavy (non-hydrogen) atoms. The molecule has 10 rings (SSSR count). The first-order chi connectivity index (χ1) is 26.7. The fourth-order valence-corrected chi connectivity index (χ4v) is 14.2. The molecule has 6 aromatic carbocycles. The molecule has 2 atom stereocenters. The summed E-state index contributed by atoms with van der Waals surface area (Å²) in [6.45, 7) is 0.413. The number of hydrogen-bond donors (Lipinski definition) is 0. The van der Waals surface area contributed by atoms with Gasteiger partial charge in [-0.2, -0.15) is 0 Å². The average molecular weight is 745 g/mol. The minimum absolute atomic E-state index is 0.0832. The van der Waals surface area contributed by atoms with Crippen molar-refractivity contribution in [1.29, 1.82) is 0 Å². The smallest absolute Gasteiger partial charge is 0.143 e. The number of thioether (sulfide) groups is 1. The van der Waals surface area contributed by atoms with E-state index in [0.29, 0.717) is 6.61 Å². The standard InChI is InChI=1S/C50H49O2PS/c1-7-19-41(20-8-1)48(54-49-34-38-31-39(35-49)33-40(32-38)36-49)47(52-53(45-27-15-5-16-28-45)46-29-17-6-18-30-46)37-51-50(42-21-9-2-10-22-42,43-23-11-3-12-24-43)44-25-13-4-14-26-44/h1-30,38-40,47-48H,31-37H2/t38?,39?,40?,47-,48-,49?/m1/s1. The molecular formula is C50H49O2PS. The highest BCUT2D eigenvalue weighted by Crippen LogP contribution is 2.64. The summed E-state index contributed by atoms with van der Waals surface area (Å²) in [6, 6.07) is 65.4. The van der Waals surface area contributed by atoms with Gasteiger partial charge in [0.1, 0.15) is 11.7 Å². The van der Waals surface area contributed by atoms with E-state index in [2.05, 4.69) is 194 Å². The Morgan fingerprint density at radius 3 is 1.30 bits per heavy atom. The van der Waals surface area contributed by atoms with Crippen molar-refractivity contribution in [3.05, 3.63) is 204 Å². The lowest BCUT2D eigenvalue weighted by Crippen LogP contribution is -2.49. The zero-order chi connectivity index (χ0) is 36.2. The molecule has 0 N–H and O–H groups in total. The first kappa shape index (κ1) is 35.7. The van der Waals surface area contributed by atoms with Gasteiger partial charge in [0.05, 0.1) is 20.0 Å². The van der Waals surface area contributed by atoms with Crippen LogP contribution in [0.1, 0.15) is 66.0 Å². The average Bonchev–Trinajstić information content (AvgIpc) is 3.23. The first-order valence-corrected chi connectivity index (χ1v) is 21.9. The molecule has 0 heterocycles. The maximum Gasteiger partial charge on any atom is 0.143 e. The van der Waals surface area contributed by atoms with Gasteiger partial charge in [-0.15, -0.1) is 11.8 Å². The Hall–Kier alpha value is -3.98. The Kier molecular flexibility index (Phi) is 10.6. The number of hydrogen-bond acceptors (Lipinski definition) is 3. The molecule has 0 amide bonds. The molecule has 4 heteroatoms. The summed E-state index contributed by atoms with van der Waals surface area (Å²) in [5.41, 5.74) is 3.81. The van der Waals surface area contributed by atoms with Gasteiger partial charge >= 0.3 is 0 Å². The van der Waals surface area contributed by atoms with Gasteiger partial charge in [-0.05, 0) is 78.5 Å². The maximum atomic E-state index is 7.78.